The van der Waals surface area contributed by atoms with Crippen LogP contribution in [0.3, 0.4) is 0 Å². The standard InChI is InChI=1S/C13H15N3O5/c17-12(18)9-2-1-7-15(8-9)13(19)14-10-3-5-11(6-4-10)16(20)21/h3-6,9H,1-2,7-8H2,(H,14,19)(H,17,18). The van der Waals surface area contributed by atoms with E-state index in [1.165, 1.54) is 29.2 Å². The van der Waals surface area contributed by atoms with Crippen molar-refractivity contribution in [3.05, 3.63) is 34.4 Å². The molecule has 21 heavy (non-hydrogen) atoms. The highest BCUT2D eigenvalue weighted by Gasteiger charge is 2.28. The number of nitrogens with zero attached hydrogens (tertiary/aromatic N) is 2. The molecule has 1 aromatic rings. The molecule has 0 saturated carbocycles. The fraction of sp³-hybridized carbons (Fsp3) is 0.385. The van der Waals surface area contributed by atoms with Gasteiger partial charge in [-0.3, -0.25) is 14.9 Å². The van der Waals surface area contributed by atoms with Gasteiger partial charge in [-0.1, -0.05) is 0 Å². The molecule has 2 amide bonds. The van der Waals surface area contributed by atoms with Crippen molar-refractivity contribution in [2.24, 2.45) is 5.92 Å². The number of benzene rings is 1. The van der Waals surface area contributed by atoms with Crippen LogP contribution in [0.15, 0.2) is 24.3 Å². The number of carbonyl (C=O) groups excluding carboxylic acids is 1. The molecule has 1 aromatic carbocycles. The van der Waals surface area contributed by atoms with Crippen LogP contribution in [0.4, 0.5) is 16.2 Å². The minimum absolute atomic E-state index is 0.0584. The zero-order valence-electron chi connectivity index (χ0n) is 11.2. The maximum atomic E-state index is 12.0. The van der Waals surface area contributed by atoms with Gasteiger partial charge in [0.2, 0.25) is 0 Å². The summed E-state index contributed by atoms with van der Waals surface area (Å²) in [5.74, 6) is -1.44. The lowest BCUT2D eigenvalue weighted by Crippen LogP contribution is -2.44. The quantitative estimate of drug-likeness (QED) is 0.653. The molecule has 0 aromatic heterocycles. The molecule has 112 valence electrons. The second-order valence-corrected chi connectivity index (χ2v) is 4.86. The number of hydrogen-bond donors (Lipinski definition) is 2. The molecule has 1 aliphatic rings. The Hall–Kier alpha value is -2.64. The van der Waals surface area contributed by atoms with Gasteiger partial charge in [-0.05, 0) is 25.0 Å². The summed E-state index contributed by atoms with van der Waals surface area (Å²) < 4.78 is 0. The number of carboxylic acid groups (broad SMARTS) is 1. The Balaban J connectivity index is 1.97. The first-order valence-electron chi connectivity index (χ1n) is 6.50. The van der Waals surface area contributed by atoms with Gasteiger partial charge in [0, 0.05) is 30.9 Å². The number of nitro benzene ring substituents is 1. The highest BCUT2D eigenvalue weighted by Crippen LogP contribution is 2.19. The van der Waals surface area contributed by atoms with Crippen LogP contribution in [-0.4, -0.2) is 40.0 Å². The van der Waals surface area contributed by atoms with Gasteiger partial charge in [-0.15, -0.1) is 0 Å². The number of non-ortho nitro benzene ring substituents is 1. The highest BCUT2D eigenvalue weighted by molar-refractivity contribution is 5.89. The summed E-state index contributed by atoms with van der Waals surface area (Å²) in [5, 5.41) is 22.1. The zero-order valence-corrected chi connectivity index (χ0v) is 11.2. The van der Waals surface area contributed by atoms with E-state index in [-0.39, 0.29) is 12.2 Å². The lowest BCUT2D eigenvalue weighted by molar-refractivity contribution is -0.384. The molecule has 2 N–H and O–H groups in total. The first-order chi connectivity index (χ1) is 9.97. The monoisotopic (exact) mass is 293 g/mol. The van der Waals surface area contributed by atoms with Crippen molar-refractivity contribution in [3.63, 3.8) is 0 Å². The highest BCUT2D eigenvalue weighted by atomic mass is 16.6. The van der Waals surface area contributed by atoms with Crippen LogP contribution < -0.4 is 5.32 Å². The van der Waals surface area contributed by atoms with Crippen molar-refractivity contribution in [2.75, 3.05) is 18.4 Å². The average molecular weight is 293 g/mol. The second-order valence-electron chi connectivity index (χ2n) is 4.86. The summed E-state index contributed by atoms with van der Waals surface area (Å²) in [4.78, 5) is 34.5. The topological polar surface area (TPSA) is 113 Å². The molecule has 0 bridgehead atoms. The maximum absolute atomic E-state index is 12.0. The van der Waals surface area contributed by atoms with Crippen molar-refractivity contribution < 1.29 is 19.6 Å². The third kappa shape index (κ3) is 3.68. The Morgan fingerprint density at radius 1 is 1.33 bits per heavy atom. The summed E-state index contributed by atoms with van der Waals surface area (Å²) >= 11 is 0. The number of hydrogen-bond acceptors (Lipinski definition) is 4. The molecule has 1 aliphatic heterocycles. The van der Waals surface area contributed by atoms with Crippen molar-refractivity contribution in [1.29, 1.82) is 0 Å². The minimum Gasteiger partial charge on any atom is -0.481 e. The molecule has 1 unspecified atom stereocenters. The van der Waals surface area contributed by atoms with Gasteiger partial charge in [-0.2, -0.15) is 0 Å². The Morgan fingerprint density at radius 2 is 2.00 bits per heavy atom. The summed E-state index contributed by atoms with van der Waals surface area (Å²) in [6.07, 6.45) is 1.21. The van der Waals surface area contributed by atoms with E-state index < -0.39 is 22.8 Å². The normalized spacial score (nSPS) is 18.1. The Bertz CT molecular complexity index is 557. The van der Waals surface area contributed by atoms with Crippen molar-refractivity contribution in [1.82, 2.24) is 4.90 Å². The number of amides is 2. The van der Waals surface area contributed by atoms with Crippen molar-refractivity contribution >= 4 is 23.4 Å². The molecular weight excluding hydrogens is 278 g/mol. The van der Waals surface area contributed by atoms with Gasteiger partial charge >= 0.3 is 12.0 Å². The molecule has 1 heterocycles. The molecule has 2 rings (SSSR count). The second kappa shape index (κ2) is 6.21. The summed E-state index contributed by atoms with van der Waals surface area (Å²) in [6.45, 7) is 0.677. The zero-order chi connectivity index (χ0) is 15.4. The van der Waals surface area contributed by atoms with Crippen LogP contribution in [-0.2, 0) is 4.79 Å². The van der Waals surface area contributed by atoms with Crippen LogP contribution in [0.25, 0.3) is 0 Å². The van der Waals surface area contributed by atoms with E-state index in [1.807, 2.05) is 0 Å². The van der Waals surface area contributed by atoms with Gasteiger partial charge in [0.1, 0.15) is 0 Å². The van der Waals surface area contributed by atoms with E-state index in [0.29, 0.717) is 25.1 Å². The molecule has 1 fully saturated rings. The van der Waals surface area contributed by atoms with E-state index in [2.05, 4.69) is 5.32 Å². The molecule has 0 spiro atoms. The van der Waals surface area contributed by atoms with Crippen LogP contribution >= 0.6 is 0 Å². The molecule has 0 radical (unpaired) electrons. The largest absolute Gasteiger partial charge is 0.481 e. The molecule has 0 aliphatic carbocycles. The average Bonchev–Trinajstić information content (AvgIpc) is 2.48. The summed E-state index contributed by atoms with van der Waals surface area (Å²) in [7, 11) is 0. The van der Waals surface area contributed by atoms with Gasteiger partial charge in [0.05, 0.1) is 10.8 Å². The lowest BCUT2D eigenvalue weighted by Gasteiger charge is -2.30. The number of nitrogens with one attached hydrogen (secondary N) is 1. The first-order valence-corrected chi connectivity index (χ1v) is 6.50. The summed E-state index contributed by atoms with van der Waals surface area (Å²) in [6, 6.07) is 5.08. The SMILES string of the molecule is O=C(O)C1CCCN(C(=O)Nc2ccc([N+](=O)[O-])cc2)C1. The number of aliphatic carboxylic acids is 1. The van der Waals surface area contributed by atoms with E-state index in [1.54, 1.807) is 0 Å². The fourth-order valence-corrected chi connectivity index (χ4v) is 2.23. The molecule has 1 atom stereocenters. The third-order valence-corrected chi connectivity index (χ3v) is 3.39. The number of carboxylic acids is 1. The number of anilines is 1. The molecule has 8 nitrogen and oxygen atoms in total. The molecule has 1 saturated heterocycles. The first kappa shape index (κ1) is 14.8. The Labute approximate surface area is 120 Å². The van der Waals surface area contributed by atoms with Crippen molar-refractivity contribution in [3.8, 4) is 0 Å². The smallest absolute Gasteiger partial charge is 0.321 e. The number of nitro groups is 1. The predicted molar refractivity (Wildman–Crippen MR) is 74.0 cm³/mol. The number of likely N-dealkylation sites (tertiary alicyclic amines) is 1. The van der Waals surface area contributed by atoms with Crippen LogP contribution in [0.1, 0.15) is 12.8 Å². The van der Waals surface area contributed by atoms with Gasteiger partial charge in [0.25, 0.3) is 5.69 Å². The minimum atomic E-state index is -0.900. The number of piperidine rings is 1. The Kier molecular flexibility index (Phi) is 4.36. The maximum Gasteiger partial charge on any atom is 0.321 e. The Morgan fingerprint density at radius 3 is 2.57 bits per heavy atom. The van der Waals surface area contributed by atoms with Gasteiger partial charge in [-0.25, -0.2) is 4.79 Å². The van der Waals surface area contributed by atoms with Gasteiger partial charge in [0.15, 0.2) is 0 Å². The van der Waals surface area contributed by atoms with Crippen LogP contribution in [0.2, 0.25) is 0 Å². The summed E-state index contributed by atoms with van der Waals surface area (Å²) in [5.41, 5.74) is 0.375. The van der Waals surface area contributed by atoms with E-state index in [9.17, 15) is 19.7 Å². The van der Waals surface area contributed by atoms with E-state index >= 15 is 0 Å². The number of rotatable bonds is 3. The van der Waals surface area contributed by atoms with E-state index in [4.69, 9.17) is 5.11 Å². The molecular formula is C13H15N3O5. The lowest BCUT2D eigenvalue weighted by atomic mass is 9.99. The van der Waals surface area contributed by atoms with E-state index in [0.717, 1.165) is 0 Å². The number of carbonyl (C=O) groups is 2. The molecule has 8 heteroatoms. The fourth-order valence-electron chi connectivity index (χ4n) is 2.23. The van der Waals surface area contributed by atoms with Crippen molar-refractivity contribution in [2.45, 2.75) is 12.8 Å². The number of urea groups is 1. The third-order valence-electron chi connectivity index (χ3n) is 3.39. The van der Waals surface area contributed by atoms with Crippen LogP contribution in [0.5, 0.6) is 0 Å². The van der Waals surface area contributed by atoms with Crippen LogP contribution in [0, 0.1) is 16.0 Å². The predicted octanol–water partition coefficient (Wildman–Crippen LogP) is 1.92. The van der Waals surface area contributed by atoms with Gasteiger partial charge < -0.3 is 15.3 Å².